The number of halogens is 3. The maximum Gasteiger partial charge on any atom is 0.150 e. The van der Waals surface area contributed by atoms with Gasteiger partial charge < -0.3 is 33.5 Å². The van der Waals surface area contributed by atoms with Crippen molar-refractivity contribution in [2.45, 2.75) is 13.3 Å². The van der Waals surface area contributed by atoms with E-state index in [1.54, 1.807) is 36.4 Å². The van der Waals surface area contributed by atoms with Crippen molar-refractivity contribution < 1.29 is 43.1 Å². The fourth-order valence-corrected chi connectivity index (χ4v) is 2.69. The number of aldehydes is 2. The van der Waals surface area contributed by atoms with Crippen LogP contribution in [0.4, 0.5) is 0 Å². The number of phenolic OH excluding ortho intramolecular Hbond substituents is 1. The fraction of sp³-hybridized carbons (Fsp3) is 0.444. The van der Waals surface area contributed by atoms with Crippen molar-refractivity contribution in [3.63, 3.8) is 0 Å². The second-order valence-corrected chi connectivity index (χ2v) is 9.63. The molecule has 0 aromatic heterocycles. The van der Waals surface area contributed by atoms with Crippen molar-refractivity contribution in [1.29, 1.82) is 0 Å². The Morgan fingerprint density at radius 3 is 1.44 bits per heavy atom. The van der Waals surface area contributed by atoms with Gasteiger partial charge in [-0.2, -0.15) is 0 Å². The van der Waals surface area contributed by atoms with E-state index >= 15 is 0 Å². The molecule has 0 aliphatic carbocycles. The van der Waals surface area contributed by atoms with Crippen LogP contribution in [-0.4, -0.2) is 107 Å². The molecule has 9 nitrogen and oxygen atoms in total. The first-order valence-electron chi connectivity index (χ1n) is 14.7. The van der Waals surface area contributed by atoms with Gasteiger partial charge in [0.25, 0.3) is 0 Å². The van der Waals surface area contributed by atoms with Crippen LogP contribution in [-0.2, 0) is 23.7 Å². The zero-order valence-electron chi connectivity index (χ0n) is 27.5. The Morgan fingerprint density at radius 1 is 0.646 bits per heavy atom. The smallest absolute Gasteiger partial charge is 0.150 e. The molecule has 2 aromatic rings. The van der Waals surface area contributed by atoms with E-state index in [0.717, 1.165) is 25.6 Å². The highest BCUT2D eigenvalue weighted by molar-refractivity contribution is 9.09. The molecular weight excluding hydrogens is 727 g/mol. The molecule has 0 unspecified atom stereocenters. The van der Waals surface area contributed by atoms with Crippen molar-refractivity contribution >= 4 is 51.7 Å². The number of aromatic hydroxyl groups is 1. The van der Waals surface area contributed by atoms with Crippen molar-refractivity contribution in [1.82, 2.24) is 0 Å². The Morgan fingerprint density at radius 2 is 1.04 bits per heavy atom. The first-order chi connectivity index (χ1) is 23.4. The minimum Gasteiger partial charge on any atom is -0.508 e. The molecule has 0 heterocycles. The quantitative estimate of drug-likeness (QED) is 0.0717. The molecule has 48 heavy (non-hydrogen) atoms. The monoisotopic (exact) mass is 772 g/mol. The Hall–Kier alpha value is -3.08. The van der Waals surface area contributed by atoms with Gasteiger partial charge in [-0.05, 0) is 55.0 Å². The van der Waals surface area contributed by atoms with E-state index in [2.05, 4.69) is 40.6 Å². The topological polar surface area (TPSA) is 110 Å². The summed E-state index contributed by atoms with van der Waals surface area (Å²) in [5.74, 6) is 9.11. The summed E-state index contributed by atoms with van der Waals surface area (Å²) in [5, 5.41) is 9.40. The average molecular weight is 775 g/mol. The van der Waals surface area contributed by atoms with E-state index in [0.29, 0.717) is 100 Å². The Kier molecular flexibility index (Phi) is 45.1. The number of hydrogen-bond donors (Lipinski definition) is 1. The highest BCUT2D eigenvalue weighted by Crippen LogP contribution is 2.10. The summed E-state index contributed by atoms with van der Waals surface area (Å²) < 4.78 is 30.7. The number of phenols is 1. The number of alkyl halides is 3. The van der Waals surface area contributed by atoms with Crippen LogP contribution in [0, 0.1) is 37.0 Å². The van der Waals surface area contributed by atoms with Crippen LogP contribution >= 0.6 is 39.1 Å². The van der Waals surface area contributed by atoms with E-state index in [4.69, 9.17) is 76.0 Å². The molecule has 0 saturated carbocycles. The number of ether oxygens (including phenoxy) is 6. The molecule has 0 radical (unpaired) electrons. The summed E-state index contributed by atoms with van der Waals surface area (Å²) in [6.07, 6.45) is 17.3. The van der Waals surface area contributed by atoms with Gasteiger partial charge in [0.1, 0.15) is 43.9 Å². The third-order valence-electron chi connectivity index (χ3n) is 4.53. The molecule has 0 fully saturated rings. The van der Waals surface area contributed by atoms with Gasteiger partial charge in [-0.25, -0.2) is 0 Å². The zero-order valence-corrected chi connectivity index (χ0v) is 30.6. The molecule has 2 rings (SSSR count). The molecule has 0 aliphatic heterocycles. The van der Waals surface area contributed by atoms with Crippen LogP contribution in [0.3, 0.4) is 0 Å². The van der Waals surface area contributed by atoms with Crippen LogP contribution < -0.4 is 4.74 Å². The summed E-state index contributed by atoms with van der Waals surface area (Å²) in [7, 11) is 0. The Labute approximate surface area is 305 Å². The van der Waals surface area contributed by atoms with Crippen molar-refractivity contribution in [2.75, 3.05) is 89.8 Å². The highest BCUT2D eigenvalue weighted by Gasteiger charge is 1.95. The molecular formula is C36H47BrCl2O9. The van der Waals surface area contributed by atoms with E-state index in [1.807, 2.05) is 0 Å². The SMILES string of the molecule is C#CCBr.C#CCOCCOCCCl.C#CCOCCOCCOc1ccc(C=O)cc1.CCCOCCCl.O=Cc1ccc(O)cc1. The average Bonchev–Trinajstić information content (AvgIpc) is 3.12. The number of carbonyl (C=O) groups excluding carboxylic acids is 2. The second-order valence-electron chi connectivity index (χ2n) is 8.31. The standard InChI is InChI=1S/C14H16O4.C7H11ClO2.C7H6O2.C5H11ClO.C3H3Br/c1-2-7-16-8-9-17-10-11-18-14-5-3-13(12-15)4-6-14;1-2-4-9-6-7-10-5-3-8;8-5-6-1-3-7(9)4-2-6;1-2-4-7-5-3-6;1-2-3-4/h1,3-6,12H,7-11H2;1H,3-7H2;1-5,9H;2-5H2,1H3;1H,3H2. The van der Waals surface area contributed by atoms with E-state index in [1.165, 1.54) is 12.1 Å². The van der Waals surface area contributed by atoms with E-state index in [9.17, 15) is 9.59 Å². The highest BCUT2D eigenvalue weighted by atomic mass is 79.9. The van der Waals surface area contributed by atoms with Crippen LogP contribution in [0.25, 0.3) is 0 Å². The number of terminal acetylenes is 3. The minimum absolute atomic E-state index is 0.181. The summed E-state index contributed by atoms with van der Waals surface area (Å²) in [5.41, 5.74) is 1.21. The van der Waals surface area contributed by atoms with Gasteiger partial charge in [-0.1, -0.05) is 40.6 Å². The van der Waals surface area contributed by atoms with Gasteiger partial charge in [0, 0.05) is 29.5 Å². The van der Waals surface area contributed by atoms with E-state index in [-0.39, 0.29) is 5.75 Å². The van der Waals surface area contributed by atoms with Crippen LogP contribution in [0.15, 0.2) is 48.5 Å². The lowest BCUT2D eigenvalue weighted by Crippen LogP contribution is -2.10. The predicted octanol–water partition coefficient (Wildman–Crippen LogP) is 6.31. The van der Waals surface area contributed by atoms with Gasteiger partial charge in [-0.3, -0.25) is 9.59 Å². The summed E-state index contributed by atoms with van der Waals surface area (Å²) in [4.78, 5) is 20.5. The lowest BCUT2D eigenvalue weighted by atomic mass is 10.2. The molecule has 0 atom stereocenters. The van der Waals surface area contributed by atoms with Gasteiger partial charge in [-0.15, -0.1) is 42.5 Å². The van der Waals surface area contributed by atoms with Gasteiger partial charge >= 0.3 is 0 Å². The second kappa shape index (κ2) is 43.9. The molecule has 12 heteroatoms. The van der Waals surface area contributed by atoms with Crippen molar-refractivity contribution in [3.8, 4) is 48.5 Å². The number of benzene rings is 2. The maximum atomic E-state index is 10.4. The largest absolute Gasteiger partial charge is 0.508 e. The van der Waals surface area contributed by atoms with Crippen molar-refractivity contribution in [3.05, 3.63) is 59.7 Å². The fourth-order valence-electron chi connectivity index (χ4n) is 2.47. The minimum atomic E-state index is 0.181. The first-order valence-corrected chi connectivity index (χ1v) is 16.9. The predicted molar refractivity (Wildman–Crippen MR) is 197 cm³/mol. The molecule has 2 aromatic carbocycles. The lowest BCUT2D eigenvalue weighted by Gasteiger charge is -2.07. The molecule has 0 aliphatic rings. The van der Waals surface area contributed by atoms with Crippen LogP contribution in [0.1, 0.15) is 34.1 Å². The normalized spacial score (nSPS) is 9.02. The van der Waals surface area contributed by atoms with Crippen molar-refractivity contribution in [2.24, 2.45) is 0 Å². The number of rotatable bonds is 20. The summed E-state index contributed by atoms with van der Waals surface area (Å²) >= 11 is 13.7. The van der Waals surface area contributed by atoms with Gasteiger partial charge in [0.05, 0.1) is 51.6 Å². The lowest BCUT2D eigenvalue weighted by molar-refractivity contribution is 0.0462. The van der Waals surface area contributed by atoms with Crippen LogP contribution in [0.2, 0.25) is 0 Å². The molecule has 0 bridgehead atoms. The molecule has 0 amide bonds. The molecule has 1 N–H and O–H groups in total. The maximum absolute atomic E-state index is 10.4. The third-order valence-corrected chi connectivity index (χ3v) is 5.16. The number of hydrogen-bond acceptors (Lipinski definition) is 9. The Balaban J connectivity index is -0.000000577. The molecule has 0 saturated heterocycles. The van der Waals surface area contributed by atoms with E-state index < -0.39 is 0 Å². The molecule has 0 spiro atoms. The number of carbonyl (C=O) groups is 2. The Bertz CT molecular complexity index is 1090. The first kappa shape index (κ1) is 49.3. The summed E-state index contributed by atoms with van der Waals surface area (Å²) in [6.45, 7) is 7.86. The third kappa shape index (κ3) is 40.9. The summed E-state index contributed by atoms with van der Waals surface area (Å²) in [6, 6.07) is 13.0. The van der Waals surface area contributed by atoms with Gasteiger partial charge in [0.2, 0.25) is 0 Å². The van der Waals surface area contributed by atoms with Crippen LogP contribution in [0.5, 0.6) is 11.5 Å². The zero-order chi connectivity index (χ0) is 36.4. The molecule has 266 valence electrons. The van der Waals surface area contributed by atoms with Gasteiger partial charge in [0.15, 0.2) is 0 Å².